The third-order valence-electron chi connectivity index (χ3n) is 3.06. The van der Waals surface area contributed by atoms with Crippen molar-refractivity contribution in [3.63, 3.8) is 0 Å². The second-order valence-corrected chi connectivity index (χ2v) is 5.60. The van der Waals surface area contributed by atoms with E-state index in [4.69, 9.17) is 5.73 Å². The third kappa shape index (κ3) is 4.13. The van der Waals surface area contributed by atoms with Crippen molar-refractivity contribution in [2.24, 2.45) is 11.7 Å². The molecule has 3 nitrogen and oxygen atoms in total. The molecule has 1 aromatic rings. The summed E-state index contributed by atoms with van der Waals surface area (Å²) in [6.07, 6.45) is 1.97. The first-order valence-corrected chi connectivity index (χ1v) is 7.01. The summed E-state index contributed by atoms with van der Waals surface area (Å²) >= 11 is 1.75. The average Bonchev–Trinajstić information content (AvgIpc) is 2.81. The van der Waals surface area contributed by atoms with Gasteiger partial charge in [-0.3, -0.25) is 4.79 Å². The highest BCUT2D eigenvalue weighted by atomic mass is 32.1. The van der Waals surface area contributed by atoms with Gasteiger partial charge in [0.2, 0.25) is 5.91 Å². The minimum atomic E-state index is -0.398. The molecule has 0 bridgehead atoms. The van der Waals surface area contributed by atoms with Crippen molar-refractivity contribution in [1.82, 2.24) is 5.32 Å². The molecule has 0 aromatic carbocycles. The van der Waals surface area contributed by atoms with E-state index in [1.54, 1.807) is 11.3 Å². The van der Waals surface area contributed by atoms with Gasteiger partial charge in [-0.25, -0.2) is 0 Å². The van der Waals surface area contributed by atoms with Crippen LogP contribution in [-0.2, 0) is 17.8 Å². The predicted molar refractivity (Wildman–Crippen MR) is 73.0 cm³/mol. The Balaban J connectivity index is 2.42. The van der Waals surface area contributed by atoms with Crippen molar-refractivity contribution in [2.75, 3.05) is 0 Å². The number of amides is 1. The van der Waals surface area contributed by atoms with Gasteiger partial charge in [0.05, 0.1) is 12.6 Å². The van der Waals surface area contributed by atoms with Crippen LogP contribution in [0.2, 0.25) is 0 Å². The number of carbonyl (C=O) groups is 1. The Labute approximate surface area is 107 Å². The van der Waals surface area contributed by atoms with Crippen molar-refractivity contribution < 1.29 is 4.79 Å². The van der Waals surface area contributed by atoms with E-state index in [1.807, 2.05) is 13.8 Å². The summed E-state index contributed by atoms with van der Waals surface area (Å²) in [5.41, 5.74) is 5.86. The van der Waals surface area contributed by atoms with Crippen LogP contribution in [0.1, 0.15) is 36.9 Å². The van der Waals surface area contributed by atoms with Gasteiger partial charge in [0.1, 0.15) is 0 Å². The maximum absolute atomic E-state index is 11.8. The molecule has 0 aliphatic carbocycles. The molecule has 96 valence electrons. The zero-order valence-corrected chi connectivity index (χ0v) is 11.6. The Morgan fingerprint density at radius 1 is 1.41 bits per heavy atom. The van der Waals surface area contributed by atoms with Gasteiger partial charge in [0, 0.05) is 9.75 Å². The molecule has 0 saturated carbocycles. The largest absolute Gasteiger partial charge is 0.350 e. The fourth-order valence-electron chi connectivity index (χ4n) is 1.51. The first-order chi connectivity index (χ1) is 8.08. The summed E-state index contributed by atoms with van der Waals surface area (Å²) in [6.45, 7) is 6.77. The standard InChI is InChI=1S/C13H22N2OS/c1-4-9(3)12(14)13(16)15-8-11-7-6-10(5-2)17-11/h6-7,9,12H,4-5,8,14H2,1-3H3,(H,15,16)/t9?,12-/m0/s1. The molecule has 1 rings (SSSR count). The van der Waals surface area contributed by atoms with Crippen LogP contribution in [0.4, 0.5) is 0 Å². The van der Waals surface area contributed by atoms with E-state index < -0.39 is 6.04 Å². The van der Waals surface area contributed by atoms with E-state index in [2.05, 4.69) is 24.4 Å². The van der Waals surface area contributed by atoms with E-state index in [0.717, 1.165) is 12.8 Å². The molecule has 17 heavy (non-hydrogen) atoms. The number of rotatable bonds is 6. The summed E-state index contributed by atoms with van der Waals surface area (Å²) in [7, 11) is 0. The highest BCUT2D eigenvalue weighted by Gasteiger charge is 2.18. The molecular weight excluding hydrogens is 232 g/mol. The molecule has 0 radical (unpaired) electrons. The van der Waals surface area contributed by atoms with Crippen LogP contribution in [0, 0.1) is 5.92 Å². The maximum Gasteiger partial charge on any atom is 0.237 e. The second-order valence-electron chi connectivity index (χ2n) is 4.35. The van der Waals surface area contributed by atoms with Crippen LogP contribution in [0.25, 0.3) is 0 Å². The number of nitrogens with two attached hydrogens (primary N) is 1. The molecule has 1 heterocycles. The predicted octanol–water partition coefficient (Wildman–Crippen LogP) is 2.30. The minimum Gasteiger partial charge on any atom is -0.350 e. The number of aryl methyl sites for hydroxylation is 1. The summed E-state index contributed by atoms with van der Waals surface area (Å²) < 4.78 is 0. The number of thiophene rings is 1. The van der Waals surface area contributed by atoms with Gasteiger partial charge >= 0.3 is 0 Å². The quantitative estimate of drug-likeness (QED) is 0.818. The lowest BCUT2D eigenvalue weighted by Crippen LogP contribution is -2.44. The first-order valence-electron chi connectivity index (χ1n) is 6.19. The topological polar surface area (TPSA) is 55.1 Å². The molecule has 0 saturated heterocycles. The van der Waals surface area contributed by atoms with Gasteiger partial charge in [-0.15, -0.1) is 11.3 Å². The summed E-state index contributed by atoms with van der Waals surface area (Å²) in [5.74, 6) is 0.176. The van der Waals surface area contributed by atoms with Gasteiger partial charge < -0.3 is 11.1 Å². The molecule has 1 aromatic heterocycles. The minimum absolute atomic E-state index is 0.0502. The zero-order valence-electron chi connectivity index (χ0n) is 10.8. The Hall–Kier alpha value is -0.870. The lowest BCUT2D eigenvalue weighted by molar-refractivity contribution is -0.123. The van der Waals surface area contributed by atoms with Crippen LogP contribution in [0.3, 0.4) is 0 Å². The monoisotopic (exact) mass is 254 g/mol. The Morgan fingerprint density at radius 3 is 2.59 bits per heavy atom. The van der Waals surface area contributed by atoms with Gasteiger partial charge in [0.15, 0.2) is 0 Å². The molecule has 0 aliphatic rings. The van der Waals surface area contributed by atoms with Crippen LogP contribution in [0.15, 0.2) is 12.1 Å². The molecule has 1 unspecified atom stereocenters. The van der Waals surface area contributed by atoms with Crippen molar-refractivity contribution >= 4 is 17.2 Å². The van der Waals surface area contributed by atoms with Gasteiger partial charge in [-0.05, 0) is 24.5 Å². The smallest absolute Gasteiger partial charge is 0.237 e. The summed E-state index contributed by atoms with van der Waals surface area (Å²) in [4.78, 5) is 14.3. The molecule has 3 N–H and O–H groups in total. The SMILES string of the molecule is CCc1ccc(CNC(=O)[C@@H](N)C(C)CC)s1. The van der Waals surface area contributed by atoms with Crippen molar-refractivity contribution in [3.05, 3.63) is 21.9 Å². The lowest BCUT2D eigenvalue weighted by atomic mass is 9.99. The van der Waals surface area contributed by atoms with Crippen LogP contribution in [0.5, 0.6) is 0 Å². The van der Waals surface area contributed by atoms with E-state index in [9.17, 15) is 4.79 Å². The van der Waals surface area contributed by atoms with Gasteiger partial charge in [-0.2, -0.15) is 0 Å². The fourth-order valence-corrected chi connectivity index (χ4v) is 2.41. The third-order valence-corrected chi connectivity index (χ3v) is 4.29. The Kier molecular flexibility index (Phi) is 5.65. The highest BCUT2D eigenvalue weighted by molar-refractivity contribution is 7.11. The number of nitrogens with one attached hydrogen (secondary N) is 1. The maximum atomic E-state index is 11.8. The Bertz CT molecular complexity index is 362. The molecule has 2 atom stereocenters. The first kappa shape index (κ1) is 14.2. The van der Waals surface area contributed by atoms with E-state index in [0.29, 0.717) is 6.54 Å². The molecule has 0 fully saturated rings. The normalized spacial score (nSPS) is 14.4. The number of hydrogen-bond donors (Lipinski definition) is 2. The molecule has 0 spiro atoms. The van der Waals surface area contributed by atoms with Crippen LogP contribution in [-0.4, -0.2) is 11.9 Å². The molecule has 0 aliphatic heterocycles. The van der Waals surface area contributed by atoms with Crippen LogP contribution >= 0.6 is 11.3 Å². The fraction of sp³-hybridized carbons (Fsp3) is 0.615. The summed E-state index contributed by atoms with van der Waals surface area (Å²) in [5, 5.41) is 2.90. The van der Waals surface area contributed by atoms with Crippen molar-refractivity contribution in [1.29, 1.82) is 0 Å². The van der Waals surface area contributed by atoms with Crippen molar-refractivity contribution in [2.45, 2.75) is 46.2 Å². The van der Waals surface area contributed by atoms with E-state index >= 15 is 0 Å². The number of hydrogen-bond acceptors (Lipinski definition) is 3. The van der Waals surface area contributed by atoms with Gasteiger partial charge in [0.25, 0.3) is 0 Å². The van der Waals surface area contributed by atoms with Gasteiger partial charge in [-0.1, -0.05) is 27.2 Å². The second kappa shape index (κ2) is 6.77. The van der Waals surface area contributed by atoms with Crippen molar-refractivity contribution in [3.8, 4) is 0 Å². The molecule has 1 amide bonds. The summed E-state index contributed by atoms with van der Waals surface area (Å²) in [6, 6.07) is 3.78. The van der Waals surface area contributed by atoms with E-state index in [1.165, 1.54) is 9.75 Å². The van der Waals surface area contributed by atoms with E-state index in [-0.39, 0.29) is 11.8 Å². The molecule has 4 heteroatoms. The average molecular weight is 254 g/mol. The zero-order chi connectivity index (χ0) is 12.8. The molecular formula is C13H22N2OS. The highest BCUT2D eigenvalue weighted by Crippen LogP contribution is 2.16. The van der Waals surface area contributed by atoms with Crippen LogP contribution < -0.4 is 11.1 Å². The lowest BCUT2D eigenvalue weighted by Gasteiger charge is -2.17. The number of carbonyl (C=O) groups excluding carboxylic acids is 1. The Morgan fingerprint density at radius 2 is 2.06 bits per heavy atom.